The van der Waals surface area contributed by atoms with Crippen molar-refractivity contribution in [2.45, 2.75) is 6.92 Å². The van der Waals surface area contributed by atoms with Gasteiger partial charge in [-0.25, -0.2) is 4.79 Å². The Labute approximate surface area is 164 Å². The summed E-state index contributed by atoms with van der Waals surface area (Å²) in [4.78, 5) is 10.3. The summed E-state index contributed by atoms with van der Waals surface area (Å²) < 4.78 is 0. The maximum absolute atomic E-state index is 10.3. The molecule has 69 valence electrons. The fourth-order valence-corrected chi connectivity index (χ4v) is 0.504. The van der Waals surface area contributed by atoms with Gasteiger partial charge < -0.3 is 5.11 Å². The second kappa shape index (κ2) is 13.3. The molecule has 7 heteroatoms. The maximum atomic E-state index is 10.3. The van der Waals surface area contributed by atoms with E-state index in [2.05, 4.69) is 6.58 Å². The monoisotopic (exact) mass is 429 g/mol. The minimum atomic E-state index is -1.23. The molecule has 0 spiro atoms. The zero-order valence-corrected chi connectivity index (χ0v) is 16.7. The Morgan fingerprint density at radius 1 is 1.20 bits per heavy atom. The minimum absolute atomic E-state index is 0. The molecule has 0 heterocycles. The second-order valence-corrected chi connectivity index (χ2v) is 2.01. The largest absolute Gasteiger partial charge is 0.478 e. The Bertz CT molecular complexity index is 334. The smallest absolute Gasteiger partial charge is 0.335 e. The van der Waals surface area contributed by atoms with Gasteiger partial charge in [-0.1, -0.05) is 6.58 Å². The van der Waals surface area contributed by atoms with Gasteiger partial charge in [0.25, 0.3) is 0 Å². The summed E-state index contributed by atoms with van der Waals surface area (Å²) in [5, 5.41) is 25.2. The number of allylic oxidation sites excluding steroid dienone is 1. The zero-order chi connectivity index (χ0) is 9.72. The average Bonchev–Trinajstić information content (AvgIpc) is 2.05. The molecule has 0 fully saturated rings. The number of rotatable bonds is 2. The summed E-state index contributed by atoms with van der Waals surface area (Å²) >= 11 is 0. The third-order valence-corrected chi connectivity index (χ3v) is 1.31. The van der Waals surface area contributed by atoms with Crippen LogP contribution in [0.4, 0.5) is 0 Å². The Morgan fingerprint density at radius 2 is 1.53 bits per heavy atom. The van der Waals surface area contributed by atoms with Crippen LogP contribution in [0.1, 0.15) is 6.92 Å². The Kier molecular flexibility index (Phi) is 22.3. The van der Waals surface area contributed by atoms with Crippen LogP contribution >= 0.6 is 0 Å². The van der Waals surface area contributed by atoms with E-state index in [1.807, 2.05) is 0 Å². The summed E-state index contributed by atoms with van der Waals surface area (Å²) in [6, 6.07) is 3.16. The number of hydrogen-bond donors (Lipinski definition) is 1. The molecule has 0 aromatic heterocycles. The number of carbonyl (C=O) groups is 1. The standard InChI is InChI=1S/C8H6N2O2.3Y/c1-5(6(2)8(11)12)7(3-9)4-10;;;/h2H2,1H3,(H,11,12);;;. The van der Waals surface area contributed by atoms with Crippen molar-refractivity contribution in [3.05, 3.63) is 23.3 Å². The van der Waals surface area contributed by atoms with Crippen LogP contribution in [0.25, 0.3) is 0 Å². The van der Waals surface area contributed by atoms with Crippen LogP contribution < -0.4 is 0 Å². The van der Waals surface area contributed by atoms with Gasteiger partial charge in [-0.3, -0.25) is 0 Å². The van der Waals surface area contributed by atoms with Crippen LogP contribution in [-0.2, 0) is 103 Å². The topological polar surface area (TPSA) is 84.9 Å². The number of carboxylic acid groups (broad SMARTS) is 1. The first kappa shape index (κ1) is 25.2. The van der Waals surface area contributed by atoms with Crippen molar-refractivity contribution in [1.82, 2.24) is 0 Å². The molecule has 0 amide bonds. The van der Waals surface area contributed by atoms with Crippen LogP contribution in [0.5, 0.6) is 0 Å². The molecule has 0 bridgehead atoms. The van der Waals surface area contributed by atoms with E-state index >= 15 is 0 Å². The first-order chi connectivity index (χ1) is 5.54. The van der Waals surface area contributed by atoms with Crippen LogP contribution in [-0.4, -0.2) is 11.1 Å². The number of nitrogens with zero attached hydrogens (tertiary/aromatic N) is 2. The molecule has 1 N–H and O–H groups in total. The van der Waals surface area contributed by atoms with Gasteiger partial charge in [0.1, 0.15) is 17.7 Å². The molecule has 0 rings (SSSR count). The molecule has 0 aliphatic carbocycles. The summed E-state index contributed by atoms with van der Waals surface area (Å²) in [5.74, 6) is -1.23. The van der Waals surface area contributed by atoms with Crippen molar-refractivity contribution in [3.63, 3.8) is 0 Å². The molecule has 15 heavy (non-hydrogen) atoms. The molecule has 0 aliphatic rings. The third-order valence-electron chi connectivity index (χ3n) is 1.31. The van der Waals surface area contributed by atoms with Crippen molar-refractivity contribution in [2.75, 3.05) is 0 Å². The average molecular weight is 429 g/mol. The number of carboxylic acids is 1. The van der Waals surface area contributed by atoms with Crippen molar-refractivity contribution < 1.29 is 108 Å². The van der Waals surface area contributed by atoms with Crippen LogP contribution in [0.15, 0.2) is 23.3 Å². The van der Waals surface area contributed by atoms with Crippen molar-refractivity contribution in [1.29, 1.82) is 10.5 Å². The Hall–Kier alpha value is 1.24. The van der Waals surface area contributed by atoms with E-state index in [0.29, 0.717) is 0 Å². The predicted molar refractivity (Wildman–Crippen MR) is 40.7 cm³/mol. The molecule has 0 aliphatic heterocycles. The van der Waals surface area contributed by atoms with E-state index in [4.69, 9.17) is 15.6 Å². The summed E-state index contributed by atoms with van der Waals surface area (Å²) in [7, 11) is 0. The zero-order valence-electron chi connectivity index (χ0n) is 8.19. The molecule has 3 radical (unpaired) electrons. The van der Waals surface area contributed by atoms with Crippen LogP contribution in [0.3, 0.4) is 0 Å². The molecule has 0 saturated carbocycles. The third kappa shape index (κ3) is 8.99. The fraction of sp³-hybridized carbons (Fsp3) is 0.125. The molecular weight excluding hydrogens is 423 g/mol. The Morgan fingerprint density at radius 3 is 1.73 bits per heavy atom. The van der Waals surface area contributed by atoms with E-state index < -0.39 is 5.97 Å². The minimum Gasteiger partial charge on any atom is -0.478 e. The van der Waals surface area contributed by atoms with Gasteiger partial charge in [0.15, 0.2) is 0 Å². The fourth-order valence-electron chi connectivity index (χ4n) is 0.504. The van der Waals surface area contributed by atoms with E-state index in [9.17, 15) is 4.79 Å². The second-order valence-electron chi connectivity index (χ2n) is 2.01. The molecule has 0 atom stereocenters. The van der Waals surface area contributed by atoms with Crippen molar-refractivity contribution >= 4 is 5.97 Å². The van der Waals surface area contributed by atoms with Crippen molar-refractivity contribution in [3.8, 4) is 12.1 Å². The normalized spacial score (nSPS) is 6.07. The molecule has 4 nitrogen and oxygen atoms in total. The first-order valence-corrected chi connectivity index (χ1v) is 2.98. The van der Waals surface area contributed by atoms with E-state index in [1.54, 1.807) is 12.1 Å². The molecular formula is C8H6N2O2Y3. The van der Waals surface area contributed by atoms with Gasteiger partial charge in [-0.15, -0.1) is 0 Å². The summed E-state index contributed by atoms with van der Waals surface area (Å²) in [5.41, 5.74) is -0.344. The molecule has 0 aromatic carbocycles. The number of aliphatic carboxylic acids is 1. The predicted octanol–water partition coefficient (Wildman–Crippen LogP) is 0.983. The van der Waals surface area contributed by atoms with Gasteiger partial charge in [0, 0.05) is 98.1 Å². The first-order valence-electron chi connectivity index (χ1n) is 2.98. The number of nitriles is 2. The summed E-state index contributed by atoms with van der Waals surface area (Å²) in [6.45, 7) is 4.58. The molecule has 0 aromatic rings. The van der Waals surface area contributed by atoms with Gasteiger partial charge in [-0.05, 0) is 12.5 Å². The summed E-state index contributed by atoms with van der Waals surface area (Å²) in [6.07, 6.45) is 0. The van der Waals surface area contributed by atoms with Crippen molar-refractivity contribution in [2.24, 2.45) is 0 Å². The van der Waals surface area contributed by atoms with Gasteiger partial charge in [0.2, 0.25) is 0 Å². The van der Waals surface area contributed by atoms with Gasteiger partial charge in [0.05, 0.1) is 5.57 Å². The number of hydrogen-bond acceptors (Lipinski definition) is 3. The maximum Gasteiger partial charge on any atom is 0.335 e. The van der Waals surface area contributed by atoms with E-state index in [0.717, 1.165) is 0 Å². The van der Waals surface area contributed by atoms with Crippen LogP contribution in [0, 0.1) is 22.7 Å². The SMILES string of the molecule is C=C(C(=O)O)C(C)=C(C#N)C#N.[Y].[Y].[Y]. The van der Waals surface area contributed by atoms with E-state index in [-0.39, 0.29) is 115 Å². The van der Waals surface area contributed by atoms with E-state index in [1.165, 1.54) is 6.92 Å². The Balaban J connectivity index is -0.000000202. The van der Waals surface area contributed by atoms with Gasteiger partial charge in [-0.2, -0.15) is 10.5 Å². The molecule has 0 saturated heterocycles. The quantitative estimate of drug-likeness (QED) is 0.404. The van der Waals surface area contributed by atoms with Crippen LogP contribution in [0.2, 0.25) is 0 Å². The molecule has 0 unspecified atom stereocenters. The van der Waals surface area contributed by atoms with Gasteiger partial charge >= 0.3 is 5.97 Å².